The van der Waals surface area contributed by atoms with E-state index in [4.69, 9.17) is 0 Å². The van der Waals surface area contributed by atoms with Gasteiger partial charge in [0.15, 0.2) is 5.17 Å². The van der Waals surface area contributed by atoms with Gasteiger partial charge in [-0.1, -0.05) is 41.6 Å². The number of nitrogens with zero attached hydrogens (tertiary/aromatic N) is 2. The fourth-order valence-electron chi connectivity index (χ4n) is 2.50. The van der Waals surface area contributed by atoms with Gasteiger partial charge in [-0.25, -0.2) is 0 Å². The van der Waals surface area contributed by atoms with Gasteiger partial charge in [0.25, 0.3) is 5.91 Å². The van der Waals surface area contributed by atoms with Crippen LogP contribution in [0, 0.1) is 6.92 Å². The van der Waals surface area contributed by atoms with E-state index in [9.17, 15) is 4.79 Å². The molecule has 0 unspecified atom stereocenters. The first-order valence-electron chi connectivity index (χ1n) is 7.55. The summed E-state index contributed by atoms with van der Waals surface area (Å²) in [5.74, 6) is -0.132. The second-order valence-electron chi connectivity index (χ2n) is 5.87. The van der Waals surface area contributed by atoms with Crippen molar-refractivity contribution in [3.05, 3.63) is 65.5 Å². The van der Waals surface area contributed by atoms with E-state index in [1.807, 2.05) is 19.1 Å². The number of thioether (sulfide) groups is 1. The molecule has 5 heteroatoms. The van der Waals surface area contributed by atoms with E-state index in [-0.39, 0.29) is 11.9 Å². The lowest BCUT2D eigenvalue weighted by Gasteiger charge is -2.21. The largest absolute Gasteiger partial charge is 0.358 e. The second-order valence-corrected chi connectivity index (χ2v) is 7.28. The molecule has 1 aromatic heterocycles. The maximum Gasteiger partial charge on any atom is 0.268 e. The van der Waals surface area contributed by atoms with Crippen LogP contribution in [-0.2, 0) is 9.54 Å². The Labute approximate surface area is 140 Å². The molecule has 2 atom stereocenters. The number of benzene rings is 1. The summed E-state index contributed by atoms with van der Waals surface area (Å²) in [6, 6.07) is 12.2. The zero-order valence-corrected chi connectivity index (χ0v) is 14.2. The quantitative estimate of drug-likeness (QED) is 0.937. The Morgan fingerprint density at radius 2 is 1.78 bits per heavy atom. The highest BCUT2D eigenvalue weighted by Crippen LogP contribution is 2.42. The molecule has 0 radical (unpaired) electrons. The molecule has 3 rings (SSSR count). The van der Waals surface area contributed by atoms with E-state index in [2.05, 4.69) is 53.4 Å². The van der Waals surface area contributed by atoms with Crippen molar-refractivity contribution in [3.63, 3.8) is 0 Å². The van der Waals surface area contributed by atoms with Gasteiger partial charge in [0.1, 0.15) is 4.75 Å². The minimum absolute atomic E-state index is 0.0921. The Morgan fingerprint density at radius 3 is 2.43 bits per heavy atom. The van der Waals surface area contributed by atoms with Gasteiger partial charge in [0.2, 0.25) is 0 Å². The Balaban J connectivity index is 1.74. The van der Waals surface area contributed by atoms with Crippen LogP contribution in [-0.4, -0.2) is 16.1 Å². The van der Waals surface area contributed by atoms with Gasteiger partial charge >= 0.3 is 0 Å². The Bertz CT molecular complexity index is 743. The summed E-state index contributed by atoms with van der Waals surface area (Å²) in [6.45, 7) is 6.04. The molecule has 2 aromatic rings. The van der Waals surface area contributed by atoms with Crippen molar-refractivity contribution in [2.75, 3.05) is 0 Å². The van der Waals surface area contributed by atoms with Gasteiger partial charge in [-0.3, -0.25) is 9.78 Å². The molecule has 1 aromatic carbocycles. The van der Waals surface area contributed by atoms with Crippen molar-refractivity contribution in [2.45, 2.75) is 31.6 Å². The number of amides is 1. The SMILES string of the molecule is Cc1ccc([C@H](C)NC2=NC(=O)[C@](C)(c3ccncc3)S2)cc1. The highest BCUT2D eigenvalue weighted by atomic mass is 32.2. The van der Waals surface area contributed by atoms with Gasteiger partial charge in [-0.2, -0.15) is 4.99 Å². The first-order chi connectivity index (χ1) is 11.0. The molecule has 1 amide bonds. The summed E-state index contributed by atoms with van der Waals surface area (Å²) in [5.41, 5.74) is 3.32. The van der Waals surface area contributed by atoms with E-state index in [1.165, 1.54) is 22.9 Å². The molecule has 0 saturated carbocycles. The van der Waals surface area contributed by atoms with E-state index < -0.39 is 4.75 Å². The van der Waals surface area contributed by atoms with Crippen LogP contribution in [0.4, 0.5) is 0 Å². The molecule has 0 fully saturated rings. The fourth-order valence-corrected chi connectivity index (χ4v) is 3.63. The first kappa shape index (κ1) is 15.7. The standard InChI is InChI=1S/C18H19N3OS/c1-12-4-6-14(7-5-12)13(2)20-17-21-16(22)18(3,23-17)15-8-10-19-11-9-15/h4-11,13H,1-3H3,(H,20,21,22)/t13-,18-/m0/s1. The van der Waals surface area contributed by atoms with Crippen molar-refractivity contribution in [3.8, 4) is 0 Å². The minimum atomic E-state index is -0.682. The molecule has 1 aliphatic rings. The van der Waals surface area contributed by atoms with Crippen LogP contribution in [0.5, 0.6) is 0 Å². The van der Waals surface area contributed by atoms with Crippen molar-refractivity contribution < 1.29 is 4.79 Å². The van der Waals surface area contributed by atoms with E-state index in [0.29, 0.717) is 5.17 Å². The second kappa shape index (κ2) is 6.16. The predicted octanol–water partition coefficient (Wildman–Crippen LogP) is 3.59. The number of hydrogen-bond acceptors (Lipinski definition) is 4. The van der Waals surface area contributed by atoms with Gasteiger partial charge < -0.3 is 5.32 Å². The molecule has 0 aliphatic carbocycles. The number of carbonyl (C=O) groups is 1. The number of aliphatic imine (C=N–C) groups is 1. The number of carbonyl (C=O) groups excluding carboxylic acids is 1. The molecule has 2 heterocycles. The van der Waals surface area contributed by atoms with E-state index in [0.717, 1.165) is 5.56 Å². The Kier molecular flexibility index (Phi) is 4.22. The summed E-state index contributed by atoms with van der Waals surface area (Å²) in [6.07, 6.45) is 3.41. The van der Waals surface area contributed by atoms with Gasteiger partial charge in [-0.15, -0.1) is 0 Å². The summed E-state index contributed by atoms with van der Waals surface area (Å²) in [7, 11) is 0. The Morgan fingerprint density at radius 1 is 1.13 bits per heavy atom. The smallest absolute Gasteiger partial charge is 0.268 e. The van der Waals surface area contributed by atoms with E-state index in [1.54, 1.807) is 12.4 Å². The lowest BCUT2D eigenvalue weighted by molar-refractivity contribution is -0.119. The first-order valence-corrected chi connectivity index (χ1v) is 8.36. The number of aryl methyl sites for hydroxylation is 1. The summed E-state index contributed by atoms with van der Waals surface area (Å²) < 4.78 is -0.682. The third-order valence-corrected chi connectivity index (χ3v) is 5.28. The minimum Gasteiger partial charge on any atom is -0.358 e. The zero-order valence-electron chi connectivity index (χ0n) is 13.4. The van der Waals surface area contributed by atoms with Crippen LogP contribution in [0.1, 0.15) is 36.6 Å². The van der Waals surface area contributed by atoms with Crippen LogP contribution in [0.2, 0.25) is 0 Å². The summed E-state index contributed by atoms with van der Waals surface area (Å²) >= 11 is 1.46. The maximum absolute atomic E-state index is 12.4. The van der Waals surface area contributed by atoms with E-state index >= 15 is 0 Å². The lowest BCUT2D eigenvalue weighted by atomic mass is 10.0. The number of amidine groups is 1. The number of hydrogen-bond donors (Lipinski definition) is 1. The predicted molar refractivity (Wildman–Crippen MR) is 94.4 cm³/mol. The summed E-state index contributed by atoms with van der Waals surface area (Å²) in [4.78, 5) is 20.6. The third kappa shape index (κ3) is 3.15. The van der Waals surface area contributed by atoms with Crippen LogP contribution < -0.4 is 5.32 Å². The maximum atomic E-state index is 12.4. The molecule has 0 spiro atoms. The zero-order chi connectivity index (χ0) is 16.4. The summed E-state index contributed by atoms with van der Waals surface area (Å²) in [5, 5.41) is 4.02. The highest BCUT2D eigenvalue weighted by molar-refractivity contribution is 8.15. The monoisotopic (exact) mass is 325 g/mol. The fraction of sp³-hybridized carbons (Fsp3) is 0.278. The van der Waals surface area contributed by atoms with Crippen molar-refractivity contribution in [1.29, 1.82) is 0 Å². The average molecular weight is 325 g/mol. The number of pyridine rings is 1. The lowest BCUT2D eigenvalue weighted by Crippen LogP contribution is -2.26. The topological polar surface area (TPSA) is 54.4 Å². The third-order valence-electron chi connectivity index (χ3n) is 4.06. The molecule has 23 heavy (non-hydrogen) atoms. The average Bonchev–Trinajstić information content (AvgIpc) is 2.84. The molecular weight excluding hydrogens is 306 g/mol. The molecule has 0 bridgehead atoms. The number of rotatable bonds is 3. The van der Waals surface area contributed by atoms with Crippen molar-refractivity contribution >= 4 is 22.8 Å². The molecular formula is C18H19N3OS. The van der Waals surface area contributed by atoms with Crippen LogP contribution >= 0.6 is 11.8 Å². The highest BCUT2D eigenvalue weighted by Gasteiger charge is 2.43. The van der Waals surface area contributed by atoms with Crippen LogP contribution in [0.3, 0.4) is 0 Å². The van der Waals surface area contributed by atoms with Gasteiger partial charge in [-0.05, 0) is 44.0 Å². The molecule has 1 N–H and O–H groups in total. The van der Waals surface area contributed by atoms with Gasteiger partial charge in [0, 0.05) is 12.4 Å². The van der Waals surface area contributed by atoms with Crippen molar-refractivity contribution in [2.24, 2.45) is 4.99 Å². The molecule has 118 valence electrons. The molecule has 4 nitrogen and oxygen atoms in total. The molecule has 1 aliphatic heterocycles. The molecule has 0 saturated heterocycles. The van der Waals surface area contributed by atoms with Crippen LogP contribution in [0.15, 0.2) is 53.8 Å². The normalized spacial score (nSPS) is 21.9. The Hall–Kier alpha value is -2.14. The van der Waals surface area contributed by atoms with Crippen LogP contribution in [0.25, 0.3) is 0 Å². The van der Waals surface area contributed by atoms with Crippen molar-refractivity contribution in [1.82, 2.24) is 10.3 Å². The number of aromatic nitrogens is 1. The van der Waals surface area contributed by atoms with Gasteiger partial charge in [0.05, 0.1) is 6.04 Å². The number of nitrogens with one attached hydrogen (secondary N) is 1.